The molecule has 11 aromatic carbocycles. The predicted molar refractivity (Wildman–Crippen MR) is 264 cm³/mol. The Morgan fingerprint density at radius 3 is 1.16 bits per heavy atom. The van der Waals surface area contributed by atoms with E-state index in [2.05, 4.69) is 252 Å². The topological polar surface area (TPSA) is 8.17 Å². The number of aromatic nitrogens is 1. The quantitative estimate of drug-likeness (QED) is 0.146. The fraction of sp³-hybridized carbons (Fsp3) is 0. The zero-order valence-electron chi connectivity index (χ0n) is 34.0. The van der Waals surface area contributed by atoms with Gasteiger partial charge in [-0.25, -0.2) is 0 Å². The Kier molecular flexibility index (Phi) is 8.53. The zero-order valence-corrected chi connectivity index (χ0v) is 34.0. The molecule has 290 valence electrons. The number of benzene rings is 11. The highest BCUT2D eigenvalue weighted by Crippen LogP contribution is 2.41. The summed E-state index contributed by atoms with van der Waals surface area (Å²) in [5, 5.41) is 10.2. The molecule has 0 N–H and O–H groups in total. The fourth-order valence-corrected chi connectivity index (χ4v) is 9.66. The monoisotopic (exact) mass is 788 g/mol. The fourth-order valence-electron chi connectivity index (χ4n) is 9.66. The van der Waals surface area contributed by atoms with Crippen molar-refractivity contribution in [2.45, 2.75) is 0 Å². The second-order valence-corrected chi connectivity index (χ2v) is 16.1. The molecule has 0 fully saturated rings. The average Bonchev–Trinajstić information content (AvgIpc) is 3.69. The van der Waals surface area contributed by atoms with Crippen molar-refractivity contribution in [1.82, 2.24) is 4.57 Å². The van der Waals surface area contributed by atoms with Gasteiger partial charge in [0.05, 0.1) is 16.7 Å². The Hall–Kier alpha value is -8.20. The Bertz CT molecular complexity index is 3510. The summed E-state index contributed by atoms with van der Waals surface area (Å²) in [5.74, 6) is 0. The molecule has 0 radical (unpaired) electrons. The van der Waals surface area contributed by atoms with Crippen LogP contribution in [-0.2, 0) is 0 Å². The summed E-state index contributed by atoms with van der Waals surface area (Å²) >= 11 is 0. The molecule has 0 atom stereocenters. The molecule has 0 saturated carbocycles. The summed E-state index contributed by atoms with van der Waals surface area (Å²) in [7, 11) is 0. The first kappa shape index (κ1) is 35.7. The lowest BCUT2D eigenvalue weighted by atomic mass is 9.92. The molecule has 12 aromatic rings. The van der Waals surface area contributed by atoms with Gasteiger partial charge in [0, 0.05) is 33.4 Å². The summed E-state index contributed by atoms with van der Waals surface area (Å²) in [6, 6.07) is 88.3. The van der Waals surface area contributed by atoms with Gasteiger partial charge in [0.15, 0.2) is 0 Å². The highest BCUT2D eigenvalue weighted by molar-refractivity contribution is 6.25. The largest absolute Gasteiger partial charge is 0.311 e. The van der Waals surface area contributed by atoms with E-state index in [0.29, 0.717) is 0 Å². The van der Waals surface area contributed by atoms with Crippen molar-refractivity contribution in [3.63, 3.8) is 0 Å². The van der Waals surface area contributed by atoms with Crippen molar-refractivity contribution in [2.24, 2.45) is 0 Å². The van der Waals surface area contributed by atoms with Gasteiger partial charge < -0.3 is 9.47 Å². The molecule has 2 heteroatoms. The van der Waals surface area contributed by atoms with Crippen LogP contribution in [0.4, 0.5) is 17.1 Å². The third kappa shape index (κ3) is 5.96. The SMILES string of the molecule is c1ccc(-c2ccc(N(c3ccc(-c4ccc5c6ccccc6c6ccccc6c5c4)cc3)c3ccc(-c4ccccc4-n4c5ccccc5c5ccccc54)cc3)cc2)cc1. The van der Waals surface area contributed by atoms with Crippen LogP contribution in [0.3, 0.4) is 0 Å². The third-order valence-electron chi connectivity index (χ3n) is 12.6. The summed E-state index contributed by atoms with van der Waals surface area (Å²) in [6.45, 7) is 0. The van der Waals surface area contributed by atoms with Gasteiger partial charge in [-0.05, 0) is 121 Å². The summed E-state index contributed by atoms with van der Waals surface area (Å²) in [6.07, 6.45) is 0. The number of rotatable bonds is 7. The second-order valence-electron chi connectivity index (χ2n) is 16.1. The first-order chi connectivity index (χ1) is 30.8. The Morgan fingerprint density at radius 2 is 0.613 bits per heavy atom. The maximum absolute atomic E-state index is 2.41. The van der Waals surface area contributed by atoms with Crippen LogP contribution in [0.1, 0.15) is 0 Å². The molecule has 1 aromatic heterocycles. The highest BCUT2D eigenvalue weighted by atomic mass is 15.1. The molecule has 0 aliphatic carbocycles. The van der Waals surface area contributed by atoms with Crippen molar-refractivity contribution >= 4 is 71.2 Å². The zero-order chi connectivity index (χ0) is 41.0. The summed E-state index contributed by atoms with van der Waals surface area (Å²) in [4.78, 5) is 2.36. The number of para-hydroxylation sites is 3. The standard InChI is InChI=1S/C60H40N2/c1-2-14-41(15-3-1)42-26-33-46(34-27-42)61(47-35-28-43(29-36-47)45-32-39-54-52-19-5-4-17-50(52)51-18-6-7-20-53(51)57(54)40-45)48-37-30-44(31-38-48)49-16-8-11-23-58(49)62-59-24-12-9-21-55(59)56-22-10-13-25-60(56)62/h1-40H. The maximum Gasteiger partial charge on any atom is 0.0541 e. The van der Waals surface area contributed by atoms with Crippen LogP contribution in [0.2, 0.25) is 0 Å². The van der Waals surface area contributed by atoms with Crippen LogP contribution in [0.25, 0.3) is 93.2 Å². The number of hydrogen-bond acceptors (Lipinski definition) is 1. The van der Waals surface area contributed by atoms with E-state index >= 15 is 0 Å². The first-order valence-electron chi connectivity index (χ1n) is 21.3. The lowest BCUT2D eigenvalue weighted by Crippen LogP contribution is -2.09. The molecule has 0 spiro atoms. The number of fused-ring (bicyclic) bond motifs is 9. The van der Waals surface area contributed by atoms with E-state index in [4.69, 9.17) is 0 Å². The van der Waals surface area contributed by atoms with Gasteiger partial charge in [-0.3, -0.25) is 0 Å². The number of hydrogen-bond donors (Lipinski definition) is 0. The molecule has 1 heterocycles. The minimum absolute atomic E-state index is 1.09. The van der Waals surface area contributed by atoms with Crippen LogP contribution in [0.15, 0.2) is 243 Å². The van der Waals surface area contributed by atoms with Crippen molar-refractivity contribution in [1.29, 1.82) is 0 Å². The van der Waals surface area contributed by atoms with E-state index in [1.807, 2.05) is 0 Å². The molecule has 0 saturated heterocycles. The van der Waals surface area contributed by atoms with E-state index in [1.165, 1.54) is 81.9 Å². The maximum atomic E-state index is 2.41. The van der Waals surface area contributed by atoms with Gasteiger partial charge in [0.25, 0.3) is 0 Å². The lowest BCUT2D eigenvalue weighted by Gasteiger charge is -2.26. The molecule has 12 rings (SSSR count). The van der Waals surface area contributed by atoms with E-state index in [1.54, 1.807) is 0 Å². The lowest BCUT2D eigenvalue weighted by molar-refractivity contribution is 1.18. The second kappa shape index (κ2) is 14.8. The van der Waals surface area contributed by atoms with Gasteiger partial charge in [-0.1, -0.05) is 182 Å². The van der Waals surface area contributed by atoms with Gasteiger partial charge >= 0.3 is 0 Å². The van der Waals surface area contributed by atoms with Gasteiger partial charge in [0.1, 0.15) is 0 Å². The molecule has 62 heavy (non-hydrogen) atoms. The van der Waals surface area contributed by atoms with E-state index < -0.39 is 0 Å². The van der Waals surface area contributed by atoms with Gasteiger partial charge in [-0.2, -0.15) is 0 Å². The third-order valence-corrected chi connectivity index (χ3v) is 12.6. The number of nitrogens with zero attached hydrogens (tertiary/aromatic N) is 2. The Morgan fingerprint density at radius 1 is 0.242 bits per heavy atom. The predicted octanol–water partition coefficient (Wildman–Crippen LogP) is 16.7. The van der Waals surface area contributed by atoms with Crippen LogP contribution >= 0.6 is 0 Å². The molecule has 0 aliphatic heterocycles. The first-order valence-corrected chi connectivity index (χ1v) is 21.3. The van der Waals surface area contributed by atoms with E-state index in [0.717, 1.165) is 28.3 Å². The summed E-state index contributed by atoms with van der Waals surface area (Å²) in [5.41, 5.74) is 14.0. The van der Waals surface area contributed by atoms with Crippen LogP contribution in [0.5, 0.6) is 0 Å². The Labute approximate surface area is 360 Å². The molecule has 0 bridgehead atoms. The molecule has 0 unspecified atom stereocenters. The normalized spacial score (nSPS) is 11.5. The summed E-state index contributed by atoms with van der Waals surface area (Å²) < 4.78 is 2.41. The van der Waals surface area contributed by atoms with Crippen molar-refractivity contribution in [3.8, 4) is 39.1 Å². The molecular formula is C60H40N2. The number of anilines is 3. The molecule has 0 aliphatic rings. The molecule has 0 amide bonds. The van der Waals surface area contributed by atoms with Crippen molar-refractivity contribution in [3.05, 3.63) is 243 Å². The van der Waals surface area contributed by atoms with E-state index in [9.17, 15) is 0 Å². The van der Waals surface area contributed by atoms with Crippen LogP contribution < -0.4 is 4.90 Å². The van der Waals surface area contributed by atoms with Crippen molar-refractivity contribution in [2.75, 3.05) is 4.90 Å². The van der Waals surface area contributed by atoms with E-state index in [-0.39, 0.29) is 0 Å². The van der Waals surface area contributed by atoms with Crippen LogP contribution in [0, 0.1) is 0 Å². The Balaban J connectivity index is 0.947. The van der Waals surface area contributed by atoms with Gasteiger partial charge in [0.2, 0.25) is 0 Å². The molecular weight excluding hydrogens is 749 g/mol. The van der Waals surface area contributed by atoms with Crippen molar-refractivity contribution < 1.29 is 0 Å². The highest BCUT2D eigenvalue weighted by Gasteiger charge is 2.18. The van der Waals surface area contributed by atoms with Crippen LogP contribution in [-0.4, -0.2) is 4.57 Å². The smallest absolute Gasteiger partial charge is 0.0541 e. The minimum atomic E-state index is 1.09. The molecule has 2 nitrogen and oxygen atoms in total. The van der Waals surface area contributed by atoms with Gasteiger partial charge in [-0.15, -0.1) is 0 Å². The average molecular weight is 789 g/mol. The minimum Gasteiger partial charge on any atom is -0.311 e.